The molecule has 0 fully saturated rings. The molecule has 2 aliphatic rings. The number of methoxy groups -OCH3 is 2. The average Bonchev–Trinajstić information content (AvgIpc) is 3.62. The molecule has 0 bridgehead atoms. The number of aliphatic imine (C=N–C) groups is 2. The third-order valence-corrected chi connectivity index (χ3v) is 8.95. The maximum absolute atomic E-state index is 13.7. The number of carbonyl (C=O) groups is 2. The predicted molar refractivity (Wildman–Crippen MR) is 200 cm³/mol. The van der Waals surface area contributed by atoms with E-state index in [2.05, 4.69) is 0 Å². The zero-order chi connectivity index (χ0) is 35.0. The summed E-state index contributed by atoms with van der Waals surface area (Å²) in [6.45, 7) is 0.969. The molecule has 0 saturated carbocycles. The Morgan fingerprint density at radius 2 is 0.940 bits per heavy atom. The maximum Gasteiger partial charge on any atom is 0.278 e. The van der Waals surface area contributed by atoms with Crippen molar-refractivity contribution in [2.24, 2.45) is 9.98 Å². The molecule has 4 aromatic rings. The summed E-state index contributed by atoms with van der Waals surface area (Å²) in [7, 11) is 3.22. The lowest BCUT2D eigenvalue weighted by atomic mass is 10.1. The van der Waals surface area contributed by atoms with Crippen molar-refractivity contribution in [1.82, 2.24) is 9.80 Å². The second kappa shape index (κ2) is 16.0. The molecular formula is C40H36Cl2N4O4. The molecule has 8 nitrogen and oxygen atoms in total. The molecule has 0 saturated heterocycles. The third kappa shape index (κ3) is 7.83. The number of amidine groups is 2. The molecule has 0 N–H and O–H groups in total. The fourth-order valence-electron chi connectivity index (χ4n) is 5.91. The number of amides is 2. The first-order valence-corrected chi connectivity index (χ1v) is 17.1. The lowest BCUT2D eigenvalue weighted by Crippen LogP contribution is -2.34. The van der Waals surface area contributed by atoms with Gasteiger partial charge in [-0.25, -0.2) is 9.98 Å². The summed E-state index contributed by atoms with van der Waals surface area (Å²) in [6, 6.07) is 29.7. The van der Waals surface area contributed by atoms with Gasteiger partial charge in [-0.05, 0) is 84.7 Å². The van der Waals surface area contributed by atoms with E-state index in [4.69, 9.17) is 42.7 Å². The Labute approximate surface area is 302 Å². The van der Waals surface area contributed by atoms with Crippen molar-refractivity contribution in [3.05, 3.63) is 141 Å². The molecule has 2 aliphatic heterocycles. The number of nitrogens with zero attached hydrogens (tertiary/aromatic N) is 4. The molecule has 4 aromatic carbocycles. The van der Waals surface area contributed by atoms with Crippen molar-refractivity contribution in [2.45, 2.75) is 25.7 Å². The molecule has 6 rings (SSSR count). The number of halogens is 2. The molecule has 2 amide bonds. The molecule has 2 heterocycles. The van der Waals surface area contributed by atoms with Crippen molar-refractivity contribution in [3.63, 3.8) is 0 Å². The fourth-order valence-corrected chi connectivity index (χ4v) is 6.17. The van der Waals surface area contributed by atoms with E-state index in [9.17, 15) is 9.59 Å². The van der Waals surface area contributed by atoms with Gasteiger partial charge in [0.25, 0.3) is 11.8 Å². The summed E-state index contributed by atoms with van der Waals surface area (Å²) in [5, 5.41) is 1.24. The van der Waals surface area contributed by atoms with Crippen LogP contribution in [0.5, 0.6) is 11.5 Å². The number of unbranched alkanes of at least 4 members (excludes halogenated alkanes) is 3. The number of hydrogen-bond acceptors (Lipinski definition) is 6. The van der Waals surface area contributed by atoms with Gasteiger partial charge in [0.1, 0.15) is 34.6 Å². The highest BCUT2D eigenvalue weighted by Crippen LogP contribution is 2.30. The van der Waals surface area contributed by atoms with Gasteiger partial charge in [-0.2, -0.15) is 0 Å². The van der Waals surface area contributed by atoms with Gasteiger partial charge in [0.2, 0.25) is 0 Å². The Balaban J connectivity index is 1.13. The third-order valence-electron chi connectivity index (χ3n) is 8.45. The number of para-hydroxylation sites is 2. The molecule has 254 valence electrons. The van der Waals surface area contributed by atoms with Crippen LogP contribution in [-0.4, -0.2) is 60.6 Å². The highest BCUT2D eigenvalue weighted by atomic mass is 35.5. The Morgan fingerprint density at radius 1 is 0.560 bits per heavy atom. The Kier molecular flexibility index (Phi) is 11.1. The van der Waals surface area contributed by atoms with Crippen LogP contribution in [0.1, 0.15) is 47.9 Å². The fraction of sp³-hybridized carbons (Fsp3) is 0.200. The Bertz CT molecular complexity index is 1860. The van der Waals surface area contributed by atoms with Crippen LogP contribution in [0.3, 0.4) is 0 Å². The minimum absolute atomic E-state index is 0.166. The Morgan fingerprint density at radius 3 is 1.32 bits per heavy atom. The second-order valence-electron chi connectivity index (χ2n) is 11.8. The van der Waals surface area contributed by atoms with Crippen LogP contribution < -0.4 is 9.47 Å². The van der Waals surface area contributed by atoms with Gasteiger partial charge >= 0.3 is 0 Å². The zero-order valence-corrected chi connectivity index (χ0v) is 29.3. The van der Waals surface area contributed by atoms with Gasteiger partial charge < -0.3 is 9.47 Å². The predicted octanol–water partition coefficient (Wildman–Crippen LogP) is 8.53. The van der Waals surface area contributed by atoms with Crippen molar-refractivity contribution < 1.29 is 19.1 Å². The molecule has 0 atom stereocenters. The highest BCUT2D eigenvalue weighted by molar-refractivity contribution is 6.31. The first-order chi connectivity index (χ1) is 24.4. The van der Waals surface area contributed by atoms with Crippen molar-refractivity contribution in [2.75, 3.05) is 27.3 Å². The van der Waals surface area contributed by atoms with Crippen LogP contribution in [0.2, 0.25) is 10.0 Å². The van der Waals surface area contributed by atoms with Gasteiger partial charge in [0, 0.05) is 23.1 Å². The largest absolute Gasteiger partial charge is 0.496 e. The van der Waals surface area contributed by atoms with Crippen LogP contribution in [0.15, 0.2) is 118 Å². The van der Waals surface area contributed by atoms with E-state index < -0.39 is 0 Å². The van der Waals surface area contributed by atoms with Gasteiger partial charge in [0.15, 0.2) is 0 Å². The van der Waals surface area contributed by atoms with Crippen LogP contribution in [-0.2, 0) is 9.59 Å². The SMILES string of the molecule is COc1ccccc1C1=NC(=Cc2ccc(Cl)cc2)C(=O)N1CCCCCCN1C(=O)C(=Cc2ccc(Cl)cc2)N=C1c1ccccc1OC. The number of hydrogen-bond donors (Lipinski definition) is 0. The molecule has 0 aromatic heterocycles. The van der Waals surface area contributed by atoms with Crippen LogP contribution in [0, 0.1) is 0 Å². The van der Waals surface area contributed by atoms with E-state index in [1.807, 2.05) is 72.8 Å². The van der Waals surface area contributed by atoms with Gasteiger partial charge in [-0.15, -0.1) is 0 Å². The second-order valence-corrected chi connectivity index (χ2v) is 12.6. The zero-order valence-electron chi connectivity index (χ0n) is 27.8. The quantitative estimate of drug-likeness (QED) is 0.103. The lowest BCUT2D eigenvalue weighted by molar-refractivity contribution is -0.123. The molecular weight excluding hydrogens is 671 g/mol. The van der Waals surface area contributed by atoms with Crippen LogP contribution in [0.25, 0.3) is 12.2 Å². The van der Waals surface area contributed by atoms with Gasteiger partial charge in [-0.3, -0.25) is 19.4 Å². The van der Waals surface area contributed by atoms with Gasteiger partial charge in [-0.1, -0.05) is 84.6 Å². The van der Waals surface area contributed by atoms with E-state index in [1.54, 1.807) is 60.4 Å². The normalized spacial score (nSPS) is 16.0. The van der Waals surface area contributed by atoms with E-state index in [0.29, 0.717) is 57.7 Å². The van der Waals surface area contributed by atoms with E-state index in [1.165, 1.54) is 0 Å². The summed E-state index contributed by atoms with van der Waals surface area (Å²) >= 11 is 12.1. The standard InChI is InChI=1S/C40H36Cl2N4O4/c1-49-35-13-7-5-11-31(35)37-43-33(25-27-15-19-29(41)20-16-27)39(47)45(37)23-9-3-4-10-24-46-38(32-12-6-8-14-36(32)50-2)44-34(40(46)48)26-28-17-21-30(42)22-18-28/h5-8,11-22,25-26H,3-4,9-10,23-24H2,1-2H3. The average molecular weight is 708 g/mol. The topological polar surface area (TPSA) is 83.8 Å². The summed E-state index contributed by atoms with van der Waals surface area (Å²) in [5.41, 5.74) is 3.88. The lowest BCUT2D eigenvalue weighted by Gasteiger charge is -2.21. The van der Waals surface area contributed by atoms with Crippen molar-refractivity contribution in [3.8, 4) is 11.5 Å². The van der Waals surface area contributed by atoms with Crippen molar-refractivity contribution in [1.29, 1.82) is 0 Å². The number of carbonyl (C=O) groups excluding carboxylic acids is 2. The first-order valence-electron chi connectivity index (χ1n) is 16.4. The van der Waals surface area contributed by atoms with Crippen molar-refractivity contribution >= 4 is 58.8 Å². The molecule has 0 spiro atoms. The number of benzene rings is 4. The van der Waals surface area contributed by atoms with E-state index in [0.717, 1.165) is 47.9 Å². The first kappa shape index (κ1) is 34.7. The van der Waals surface area contributed by atoms with E-state index >= 15 is 0 Å². The van der Waals surface area contributed by atoms with Crippen LogP contribution >= 0.6 is 23.2 Å². The maximum atomic E-state index is 13.7. The molecule has 50 heavy (non-hydrogen) atoms. The number of ether oxygens (including phenoxy) is 2. The van der Waals surface area contributed by atoms with E-state index in [-0.39, 0.29) is 11.8 Å². The summed E-state index contributed by atoms with van der Waals surface area (Å²) < 4.78 is 11.2. The Hall–Kier alpha value is -5.18. The van der Waals surface area contributed by atoms with Crippen LogP contribution in [0.4, 0.5) is 0 Å². The monoisotopic (exact) mass is 706 g/mol. The molecule has 0 unspecified atom stereocenters. The summed E-state index contributed by atoms with van der Waals surface area (Å²) in [6.07, 6.45) is 6.73. The smallest absolute Gasteiger partial charge is 0.278 e. The molecule has 10 heteroatoms. The molecule has 0 radical (unpaired) electrons. The molecule has 0 aliphatic carbocycles. The summed E-state index contributed by atoms with van der Waals surface area (Å²) in [4.78, 5) is 40.4. The number of rotatable bonds is 13. The minimum atomic E-state index is -0.166. The highest BCUT2D eigenvalue weighted by Gasteiger charge is 2.33. The summed E-state index contributed by atoms with van der Waals surface area (Å²) in [5.74, 6) is 2.08. The van der Waals surface area contributed by atoms with Gasteiger partial charge in [0.05, 0.1) is 25.3 Å². The minimum Gasteiger partial charge on any atom is -0.496 e.